The first-order valence-electron chi connectivity index (χ1n) is 11.1. The Bertz CT molecular complexity index is 745. The molecule has 1 amide bonds. The standard InChI is InChI=1S/C22H36ClFN4O4/c1-7-31-19(29)17-18(26-14(2)15(23)13-25-17)28-10-8-22(6,9-11-28)16(12-24)27-20(30)32-21(3,4)5/h14-16H,7-13H2,1-6H3,(H,27,30)/t14?,15-,16?/m0/s1. The second-order valence-electron chi connectivity index (χ2n) is 9.61. The molecule has 32 heavy (non-hydrogen) atoms. The van der Waals surface area contributed by atoms with Gasteiger partial charge in [0.25, 0.3) is 0 Å². The van der Waals surface area contributed by atoms with Crippen LogP contribution in [0.25, 0.3) is 0 Å². The number of amidine groups is 1. The minimum Gasteiger partial charge on any atom is -0.461 e. The number of piperidine rings is 1. The van der Waals surface area contributed by atoms with Gasteiger partial charge in [-0.2, -0.15) is 0 Å². The van der Waals surface area contributed by atoms with Crippen LogP contribution >= 0.6 is 11.6 Å². The van der Waals surface area contributed by atoms with Crippen LogP contribution in [0.3, 0.4) is 0 Å². The Kier molecular flexibility index (Phi) is 8.90. The molecule has 2 unspecified atom stereocenters. The Labute approximate surface area is 195 Å². The van der Waals surface area contributed by atoms with Crippen LogP contribution in [0, 0.1) is 5.41 Å². The number of ether oxygens (including phenoxy) is 2. The van der Waals surface area contributed by atoms with Crippen molar-refractivity contribution in [2.45, 2.75) is 77.4 Å². The van der Waals surface area contributed by atoms with Crippen LogP contribution in [0.5, 0.6) is 0 Å². The van der Waals surface area contributed by atoms with E-state index in [1.807, 2.05) is 18.7 Å². The number of hydrogen-bond donors (Lipinski definition) is 1. The summed E-state index contributed by atoms with van der Waals surface area (Å²) in [7, 11) is 0. The second kappa shape index (κ2) is 10.8. The fourth-order valence-electron chi connectivity index (χ4n) is 3.75. The van der Waals surface area contributed by atoms with E-state index in [9.17, 15) is 14.0 Å². The minimum atomic E-state index is -0.697. The molecule has 0 bridgehead atoms. The summed E-state index contributed by atoms with van der Waals surface area (Å²) in [6.45, 7) is 11.7. The van der Waals surface area contributed by atoms with Crippen LogP contribution in [0.1, 0.15) is 54.4 Å². The molecule has 182 valence electrons. The van der Waals surface area contributed by atoms with Crippen LogP contribution in [-0.2, 0) is 14.3 Å². The third-order valence-corrected chi connectivity index (χ3v) is 6.35. The average molecular weight is 475 g/mol. The smallest absolute Gasteiger partial charge is 0.407 e. The molecule has 3 atom stereocenters. The van der Waals surface area contributed by atoms with Gasteiger partial charge < -0.3 is 19.7 Å². The first kappa shape index (κ1) is 26.4. The Balaban J connectivity index is 2.14. The molecule has 0 radical (unpaired) electrons. The van der Waals surface area contributed by atoms with Crippen molar-refractivity contribution in [3.8, 4) is 0 Å². The molecule has 1 fully saturated rings. The van der Waals surface area contributed by atoms with E-state index < -0.39 is 35.8 Å². The maximum Gasteiger partial charge on any atom is 0.407 e. The Morgan fingerprint density at radius 1 is 1.34 bits per heavy atom. The summed E-state index contributed by atoms with van der Waals surface area (Å²) in [5.41, 5.74) is -0.957. The second-order valence-corrected chi connectivity index (χ2v) is 10.2. The Hall–Kier alpha value is -1.90. The van der Waals surface area contributed by atoms with Gasteiger partial charge in [-0.15, -0.1) is 11.6 Å². The molecule has 2 aliphatic heterocycles. The molecule has 2 heterocycles. The van der Waals surface area contributed by atoms with E-state index >= 15 is 0 Å². The Morgan fingerprint density at radius 3 is 2.50 bits per heavy atom. The number of alkyl carbamates (subject to hydrolysis) is 1. The van der Waals surface area contributed by atoms with Crippen molar-refractivity contribution in [2.75, 3.05) is 32.9 Å². The van der Waals surface area contributed by atoms with Gasteiger partial charge in [0.1, 0.15) is 12.3 Å². The number of amides is 1. The van der Waals surface area contributed by atoms with E-state index in [0.29, 0.717) is 31.8 Å². The van der Waals surface area contributed by atoms with Gasteiger partial charge >= 0.3 is 12.1 Å². The van der Waals surface area contributed by atoms with Crippen molar-refractivity contribution < 1.29 is 23.5 Å². The number of alkyl halides is 2. The summed E-state index contributed by atoms with van der Waals surface area (Å²) < 4.78 is 24.4. The van der Waals surface area contributed by atoms with Crippen LogP contribution in [0.2, 0.25) is 0 Å². The third kappa shape index (κ3) is 6.80. The molecule has 0 aromatic heterocycles. The zero-order valence-corrected chi connectivity index (χ0v) is 20.7. The van der Waals surface area contributed by atoms with Crippen molar-refractivity contribution in [1.29, 1.82) is 0 Å². The molecule has 1 N–H and O–H groups in total. The molecular weight excluding hydrogens is 439 g/mol. The molecule has 0 aliphatic carbocycles. The van der Waals surface area contributed by atoms with E-state index in [-0.39, 0.29) is 30.3 Å². The number of likely N-dealkylation sites (tertiary alicyclic amines) is 1. The van der Waals surface area contributed by atoms with Crippen molar-refractivity contribution in [3.63, 3.8) is 0 Å². The summed E-state index contributed by atoms with van der Waals surface area (Å²) in [5, 5.41) is 2.38. The number of aliphatic imine (C=N–C) groups is 2. The summed E-state index contributed by atoms with van der Waals surface area (Å²) in [6.07, 6.45) is 0.548. The molecular formula is C22H36ClFN4O4. The normalized spacial score (nSPS) is 24.6. The van der Waals surface area contributed by atoms with Crippen LogP contribution < -0.4 is 5.32 Å². The van der Waals surface area contributed by atoms with Gasteiger partial charge in [-0.1, -0.05) is 6.92 Å². The SMILES string of the molecule is CCOC(=O)C1=NC[C@H](Cl)C(C)N=C1N1CCC(C)(C(CF)NC(=O)OC(C)(C)C)CC1. The molecule has 0 spiro atoms. The fourth-order valence-corrected chi connectivity index (χ4v) is 3.88. The van der Waals surface area contributed by atoms with E-state index in [0.717, 1.165) is 0 Å². The first-order chi connectivity index (χ1) is 14.9. The topological polar surface area (TPSA) is 92.6 Å². The summed E-state index contributed by atoms with van der Waals surface area (Å²) in [4.78, 5) is 35.8. The van der Waals surface area contributed by atoms with Crippen molar-refractivity contribution in [2.24, 2.45) is 15.4 Å². The summed E-state index contributed by atoms with van der Waals surface area (Å²) in [5.74, 6) is -0.0520. The average Bonchev–Trinajstić information content (AvgIpc) is 2.84. The highest BCUT2D eigenvalue weighted by Crippen LogP contribution is 2.35. The highest BCUT2D eigenvalue weighted by Gasteiger charge is 2.41. The van der Waals surface area contributed by atoms with E-state index in [2.05, 4.69) is 15.3 Å². The molecule has 0 aromatic rings. The van der Waals surface area contributed by atoms with Gasteiger partial charge in [0.05, 0.1) is 30.6 Å². The lowest BCUT2D eigenvalue weighted by Crippen LogP contribution is -2.55. The maximum atomic E-state index is 13.9. The molecule has 2 aliphatic rings. The monoisotopic (exact) mass is 474 g/mol. The zero-order valence-electron chi connectivity index (χ0n) is 19.9. The number of nitrogens with one attached hydrogen (secondary N) is 1. The molecule has 0 aromatic carbocycles. The predicted molar refractivity (Wildman–Crippen MR) is 124 cm³/mol. The number of carbonyl (C=O) groups excluding carboxylic acids is 2. The third-order valence-electron chi connectivity index (χ3n) is 5.85. The molecule has 1 saturated heterocycles. The lowest BCUT2D eigenvalue weighted by Gasteiger charge is -2.44. The quantitative estimate of drug-likeness (QED) is 0.487. The maximum absolute atomic E-state index is 13.9. The van der Waals surface area contributed by atoms with Gasteiger partial charge in [0.2, 0.25) is 0 Å². The number of hydrogen-bond acceptors (Lipinski definition) is 7. The number of rotatable bonds is 5. The highest BCUT2D eigenvalue weighted by atomic mass is 35.5. The molecule has 2 rings (SSSR count). The number of carbonyl (C=O) groups is 2. The zero-order chi connectivity index (χ0) is 24.1. The van der Waals surface area contributed by atoms with Gasteiger partial charge in [-0.25, -0.2) is 14.0 Å². The van der Waals surface area contributed by atoms with Crippen molar-refractivity contribution in [1.82, 2.24) is 10.2 Å². The van der Waals surface area contributed by atoms with Gasteiger partial charge in [0.15, 0.2) is 11.5 Å². The van der Waals surface area contributed by atoms with Gasteiger partial charge in [0, 0.05) is 13.1 Å². The molecule has 0 saturated carbocycles. The summed E-state index contributed by atoms with van der Waals surface area (Å²) >= 11 is 6.34. The van der Waals surface area contributed by atoms with E-state index in [4.69, 9.17) is 21.1 Å². The number of esters is 1. The lowest BCUT2D eigenvalue weighted by molar-refractivity contribution is -0.134. The molecule has 8 nitrogen and oxygen atoms in total. The van der Waals surface area contributed by atoms with Crippen LogP contribution in [0.4, 0.5) is 9.18 Å². The van der Waals surface area contributed by atoms with E-state index in [1.54, 1.807) is 27.7 Å². The van der Waals surface area contributed by atoms with E-state index in [1.165, 1.54) is 0 Å². The highest BCUT2D eigenvalue weighted by molar-refractivity contribution is 6.65. The van der Waals surface area contributed by atoms with Crippen LogP contribution in [-0.4, -0.2) is 84.5 Å². The van der Waals surface area contributed by atoms with Gasteiger partial charge in [-0.05, 0) is 52.9 Å². The number of halogens is 2. The summed E-state index contributed by atoms with van der Waals surface area (Å²) in [6, 6.07) is -0.900. The van der Waals surface area contributed by atoms with Gasteiger partial charge in [-0.3, -0.25) is 9.98 Å². The molecule has 10 heteroatoms. The lowest BCUT2D eigenvalue weighted by atomic mass is 9.74. The van der Waals surface area contributed by atoms with Crippen LogP contribution in [0.15, 0.2) is 9.98 Å². The van der Waals surface area contributed by atoms with Crippen molar-refractivity contribution in [3.05, 3.63) is 0 Å². The first-order valence-corrected chi connectivity index (χ1v) is 11.6. The minimum absolute atomic E-state index is 0.180. The fraction of sp³-hybridized carbons (Fsp3) is 0.818. The predicted octanol–water partition coefficient (Wildman–Crippen LogP) is 3.36. The largest absolute Gasteiger partial charge is 0.461 e. The van der Waals surface area contributed by atoms with Crippen molar-refractivity contribution >= 4 is 35.2 Å². The number of nitrogens with zero attached hydrogens (tertiary/aromatic N) is 3. The Morgan fingerprint density at radius 2 is 1.97 bits per heavy atom.